The van der Waals surface area contributed by atoms with Crippen molar-refractivity contribution in [3.63, 3.8) is 0 Å². The van der Waals surface area contributed by atoms with Gasteiger partial charge in [0.1, 0.15) is 5.76 Å². The zero-order valence-electron chi connectivity index (χ0n) is 12.7. The van der Waals surface area contributed by atoms with E-state index in [1.165, 1.54) is 12.3 Å². The molecular weight excluding hydrogens is 280 g/mol. The summed E-state index contributed by atoms with van der Waals surface area (Å²) in [6.45, 7) is 5.36. The second-order valence-corrected chi connectivity index (χ2v) is 4.87. The van der Waals surface area contributed by atoms with Gasteiger partial charge < -0.3 is 14.2 Å². The minimum atomic E-state index is -1.14. The highest BCUT2D eigenvalue weighted by Crippen LogP contribution is 2.36. The van der Waals surface area contributed by atoms with Crippen LogP contribution in [0.2, 0.25) is 0 Å². The maximum atomic E-state index is 11.8. The molecule has 0 fully saturated rings. The molecule has 2 aliphatic heterocycles. The van der Waals surface area contributed by atoms with Crippen molar-refractivity contribution in [1.82, 2.24) is 0 Å². The lowest BCUT2D eigenvalue weighted by molar-refractivity contribution is -0.187. The van der Waals surface area contributed by atoms with E-state index in [0.717, 1.165) is 5.57 Å². The summed E-state index contributed by atoms with van der Waals surface area (Å²) >= 11 is 0. The minimum absolute atomic E-state index is 0.438. The van der Waals surface area contributed by atoms with E-state index in [2.05, 4.69) is 23.7 Å². The fourth-order valence-electron chi connectivity index (χ4n) is 1.88. The zero-order valence-corrected chi connectivity index (χ0v) is 12.7. The molecule has 2 rings (SSSR count). The fourth-order valence-corrected chi connectivity index (χ4v) is 1.88. The van der Waals surface area contributed by atoms with Gasteiger partial charge in [0.25, 0.3) is 0 Å². The van der Waals surface area contributed by atoms with Crippen LogP contribution in [-0.4, -0.2) is 17.9 Å². The van der Waals surface area contributed by atoms with Gasteiger partial charge in [0.15, 0.2) is 0 Å². The Kier molecular flexibility index (Phi) is 4.76. The Morgan fingerprint density at radius 2 is 2.23 bits per heavy atom. The van der Waals surface area contributed by atoms with Crippen molar-refractivity contribution in [3.8, 4) is 23.7 Å². The van der Waals surface area contributed by atoms with Gasteiger partial charge in [0.2, 0.25) is 6.10 Å². The van der Waals surface area contributed by atoms with Gasteiger partial charge >= 0.3 is 11.8 Å². The predicted molar refractivity (Wildman–Crippen MR) is 81.8 cm³/mol. The smallest absolute Gasteiger partial charge is 0.331 e. The van der Waals surface area contributed by atoms with Crippen LogP contribution in [0, 0.1) is 23.7 Å². The van der Waals surface area contributed by atoms with Gasteiger partial charge in [-0.3, -0.25) is 0 Å². The van der Waals surface area contributed by atoms with Crippen LogP contribution in [0.5, 0.6) is 0 Å². The maximum Gasteiger partial charge on any atom is 0.331 e. The van der Waals surface area contributed by atoms with Crippen LogP contribution in [-0.2, 0) is 19.0 Å². The molecule has 2 heterocycles. The summed E-state index contributed by atoms with van der Waals surface area (Å²) in [4.78, 5) is 11.8. The average molecular weight is 296 g/mol. The first-order chi connectivity index (χ1) is 10.6. The van der Waals surface area contributed by atoms with Crippen molar-refractivity contribution in [3.05, 3.63) is 48.0 Å². The largest absolute Gasteiger partial charge is 0.453 e. The molecule has 0 amide bonds. The quantitative estimate of drug-likeness (QED) is 0.446. The highest BCUT2D eigenvalue weighted by Gasteiger charge is 2.48. The van der Waals surface area contributed by atoms with Crippen molar-refractivity contribution >= 4 is 5.97 Å². The Bertz CT molecular complexity index is 697. The molecule has 0 N–H and O–H groups in total. The minimum Gasteiger partial charge on any atom is -0.453 e. The first-order valence-electron chi connectivity index (χ1n) is 6.76. The monoisotopic (exact) mass is 296 g/mol. The Balaban J connectivity index is 2.07. The van der Waals surface area contributed by atoms with Gasteiger partial charge in [-0.15, -0.1) is 0 Å². The number of esters is 1. The van der Waals surface area contributed by atoms with Gasteiger partial charge in [-0.05, 0) is 44.8 Å². The van der Waals surface area contributed by atoms with E-state index in [0.29, 0.717) is 5.76 Å². The first kappa shape index (κ1) is 15.5. The van der Waals surface area contributed by atoms with Gasteiger partial charge in [0.05, 0.1) is 6.26 Å². The first-order valence-corrected chi connectivity index (χ1v) is 6.76. The van der Waals surface area contributed by atoms with Crippen LogP contribution in [0.3, 0.4) is 0 Å². The third kappa shape index (κ3) is 3.62. The topological polar surface area (TPSA) is 44.8 Å². The molecule has 0 saturated carbocycles. The van der Waals surface area contributed by atoms with Crippen LogP contribution in [0.1, 0.15) is 20.8 Å². The summed E-state index contributed by atoms with van der Waals surface area (Å²) in [7, 11) is 0. The lowest BCUT2D eigenvalue weighted by Gasteiger charge is -2.27. The van der Waals surface area contributed by atoms with E-state index in [-0.39, 0.29) is 0 Å². The number of ether oxygens (including phenoxy) is 3. The van der Waals surface area contributed by atoms with Crippen LogP contribution in [0.15, 0.2) is 48.0 Å². The van der Waals surface area contributed by atoms with Crippen LogP contribution in [0.4, 0.5) is 0 Å². The maximum absolute atomic E-state index is 11.8. The molecule has 22 heavy (non-hydrogen) atoms. The molecule has 0 radical (unpaired) electrons. The fraction of sp³-hybridized carbons (Fsp3) is 0.278. The summed E-state index contributed by atoms with van der Waals surface area (Å²) in [5.74, 6) is 9.67. The molecule has 0 saturated heterocycles. The third-order valence-electron chi connectivity index (χ3n) is 2.78. The predicted octanol–water partition coefficient (Wildman–Crippen LogP) is 2.60. The standard InChI is InChI=1S/C18H16O4/c1-4-5-6-7-8-15-9-11-18(22-15)16(10-12-20-18)21-17(19)13-14(2)3/h8-13,16H,1-3H3/b15-8+/t16-,18-/m1/s1. The Morgan fingerprint density at radius 3 is 2.95 bits per heavy atom. The molecule has 0 bridgehead atoms. The van der Waals surface area contributed by atoms with Crippen LogP contribution < -0.4 is 0 Å². The van der Waals surface area contributed by atoms with E-state index in [4.69, 9.17) is 14.2 Å². The highest BCUT2D eigenvalue weighted by atomic mass is 16.7. The van der Waals surface area contributed by atoms with Crippen molar-refractivity contribution in [2.75, 3.05) is 0 Å². The Hall–Kier alpha value is -2.85. The zero-order chi connectivity index (χ0) is 16.0. The van der Waals surface area contributed by atoms with Crippen molar-refractivity contribution in [1.29, 1.82) is 0 Å². The summed E-state index contributed by atoms with van der Waals surface area (Å²) in [5, 5.41) is 0. The molecule has 2 aliphatic rings. The Labute approximate surface area is 130 Å². The number of hydrogen-bond donors (Lipinski definition) is 0. The van der Waals surface area contributed by atoms with E-state index in [9.17, 15) is 4.79 Å². The SMILES string of the molecule is CC#CC#C/C=C1\C=C[C@@]2(OC=C[C@H]2OC(=O)C=C(C)C)O1. The number of carbonyl (C=O) groups is 1. The number of rotatable bonds is 2. The number of hydrogen-bond acceptors (Lipinski definition) is 4. The van der Waals surface area contributed by atoms with Crippen molar-refractivity contribution in [2.45, 2.75) is 32.7 Å². The van der Waals surface area contributed by atoms with E-state index in [1.54, 1.807) is 31.2 Å². The van der Waals surface area contributed by atoms with Crippen molar-refractivity contribution < 1.29 is 19.0 Å². The van der Waals surface area contributed by atoms with Gasteiger partial charge in [-0.2, -0.15) is 0 Å². The summed E-state index contributed by atoms with van der Waals surface area (Å²) in [5.41, 5.74) is 0.859. The molecule has 2 atom stereocenters. The summed E-state index contributed by atoms with van der Waals surface area (Å²) in [6.07, 6.45) is 8.88. The lowest BCUT2D eigenvalue weighted by atomic mass is 10.1. The average Bonchev–Trinajstić information content (AvgIpc) is 3.03. The second kappa shape index (κ2) is 6.74. The third-order valence-corrected chi connectivity index (χ3v) is 2.78. The van der Waals surface area contributed by atoms with Crippen molar-refractivity contribution in [2.24, 2.45) is 0 Å². The molecule has 112 valence electrons. The van der Waals surface area contributed by atoms with Gasteiger partial charge in [-0.25, -0.2) is 4.79 Å². The number of carbonyl (C=O) groups excluding carboxylic acids is 1. The molecule has 4 heteroatoms. The van der Waals surface area contributed by atoms with E-state index in [1.807, 2.05) is 13.8 Å². The summed E-state index contributed by atoms with van der Waals surface area (Å²) < 4.78 is 16.6. The molecule has 0 unspecified atom stereocenters. The van der Waals surface area contributed by atoms with Crippen LogP contribution >= 0.6 is 0 Å². The molecule has 1 spiro atoms. The van der Waals surface area contributed by atoms with Crippen LogP contribution in [0.25, 0.3) is 0 Å². The Morgan fingerprint density at radius 1 is 1.41 bits per heavy atom. The molecule has 0 aromatic rings. The molecule has 4 nitrogen and oxygen atoms in total. The van der Waals surface area contributed by atoms with E-state index >= 15 is 0 Å². The highest BCUT2D eigenvalue weighted by molar-refractivity contribution is 5.83. The summed E-state index contributed by atoms with van der Waals surface area (Å²) in [6, 6.07) is 0. The molecular formula is C18H16O4. The van der Waals surface area contributed by atoms with Gasteiger partial charge in [-0.1, -0.05) is 17.4 Å². The molecule has 0 aromatic heterocycles. The molecule has 0 aromatic carbocycles. The second-order valence-electron chi connectivity index (χ2n) is 4.87. The number of allylic oxidation sites excluding steroid dienone is 3. The normalized spacial score (nSPS) is 25.6. The van der Waals surface area contributed by atoms with E-state index < -0.39 is 17.9 Å². The molecule has 0 aliphatic carbocycles. The van der Waals surface area contributed by atoms with Gasteiger partial charge in [0, 0.05) is 18.2 Å². The lowest BCUT2D eigenvalue weighted by Crippen LogP contribution is -2.40.